The lowest BCUT2D eigenvalue weighted by atomic mass is 10.1. The Kier molecular flexibility index (Phi) is 4.99. The van der Waals surface area contributed by atoms with E-state index in [9.17, 15) is 4.79 Å². The van der Waals surface area contributed by atoms with E-state index in [1.165, 1.54) is 0 Å². The van der Waals surface area contributed by atoms with Crippen molar-refractivity contribution in [3.63, 3.8) is 0 Å². The average molecular weight is 287 g/mol. The van der Waals surface area contributed by atoms with Crippen LogP contribution in [0.1, 0.15) is 32.3 Å². The Balaban J connectivity index is 1.82. The van der Waals surface area contributed by atoms with Crippen LogP contribution in [0.5, 0.6) is 0 Å². The van der Waals surface area contributed by atoms with Gasteiger partial charge in [-0.2, -0.15) is 5.26 Å². The lowest BCUT2D eigenvalue weighted by Gasteiger charge is -2.33. The number of nitrogens with zero attached hydrogens (tertiary/aromatic N) is 3. The zero-order chi connectivity index (χ0) is 15.2. The summed E-state index contributed by atoms with van der Waals surface area (Å²) < 4.78 is 0. The van der Waals surface area contributed by atoms with Gasteiger partial charge in [-0.3, -0.25) is 0 Å². The van der Waals surface area contributed by atoms with E-state index in [1.54, 1.807) is 12.3 Å². The highest BCUT2D eigenvalue weighted by molar-refractivity contribution is 5.74. The first-order chi connectivity index (χ1) is 10.1. The van der Waals surface area contributed by atoms with Crippen LogP contribution in [0.25, 0.3) is 0 Å². The quantitative estimate of drug-likeness (QED) is 0.885. The zero-order valence-electron chi connectivity index (χ0n) is 12.5. The van der Waals surface area contributed by atoms with E-state index < -0.39 is 0 Å². The molecule has 1 aromatic rings. The van der Waals surface area contributed by atoms with E-state index in [0.29, 0.717) is 5.56 Å². The summed E-state index contributed by atoms with van der Waals surface area (Å²) in [4.78, 5) is 18.1. The molecule has 112 valence electrons. The molecule has 0 spiro atoms. The van der Waals surface area contributed by atoms with Gasteiger partial charge in [-0.15, -0.1) is 0 Å². The molecule has 2 rings (SSSR count). The second-order valence-electron chi connectivity index (χ2n) is 5.55. The number of hydrogen-bond donors (Lipinski definition) is 2. The first-order valence-corrected chi connectivity index (χ1v) is 7.26. The maximum absolute atomic E-state index is 11.7. The summed E-state index contributed by atoms with van der Waals surface area (Å²) in [7, 11) is 0. The van der Waals surface area contributed by atoms with Crippen molar-refractivity contribution in [2.24, 2.45) is 0 Å². The van der Waals surface area contributed by atoms with Crippen molar-refractivity contribution in [1.29, 1.82) is 5.26 Å². The van der Waals surface area contributed by atoms with E-state index in [2.05, 4.69) is 26.6 Å². The van der Waals surface area contributed by atoms with Gasteiger partial charge in [0.25, 0.3) is 0 Å². The predicted molar refractivity (Wildman–Crippen MR) is 81.0 cm³/mol. The number of rotatable bonds is 3. The molecule has 21 heavy (non-hydrogen) atoms. The summed E-state index contributed by atoms with van der Waals surface area (Å²) in [6, 6.07) is 5.97. The Morgan fingerprint density at radius 1 is 1.43 bits per heavy atom. The fourth-order valence-electron chi connectivity index (χ4n) is 2.38. The minimum Gasteiger partial charge on any atom is -0.356 e. The third kappa shape index (κ3) is 4.35. The van der Waals surface area contributed by atoms with Gasteiger partial charge in [-0.05, 0) is 38.8 Å². The van der Waals surface area contributed by atoms with Gasteiger partial charge in [0.1, 0.15) is 11.9 Å². The Bertz CT molecular complexity index is 512. The number of hydrogen-bond acceptors (Lipinski definition) is 4. The summed E-state index contributed by atoms with van der Waals surface area (Å²) >= 11 is 0. The molecule has 2 N–H and O–H groups in total. The second kappa shape index (κ2) is 6.93. The Morgan fingerprint density at radius 2 is 2.14 bits per heavy atom. The number of nitriles is 1. The van der Waals surface area contributed by atoms with Crippen LogP contribution in [0.2, 0.25) is 0 Å². The van der Waals surface area contributed by atoms with Crippen molar-refractivity contribution in [3.05, 3.63) is 23.9 Å². The molecule has 0 aromatic carbocycles. The number of aromatic nitrogens is 1. The highest BCUT2D eigenvalue weighted by Crippen LogP contribution is 2.17. The van der Waals surface area contributed by atoms with Crippen LogP contribution in [-0.4, -0.2) is 36.2 Å². The Labute approximate surface area is 125 Å². The van der Waals surface area contributed by atoms with Crippen LogP contribution in [0, 0.1) is 11.3 Å². The molecular formula is C15H21N5O. The van der Waals surface area contributed by atoms with Crippen molar-refractivity contribution in [2.45, 2.75) is 38.8 Å². The second-order valence-corrected chi connectivity index (χ2v) is 5.55. The van der Waals surface area contributed by atoms with E-state index in [0.717, 1.165) is 31.7 Å². The average Bonchev–Trinajstić information content (AvgIpc) is 2.47. The monoisotopic (exact) mass is 287 g/mol. The number of carbonyl (C=O) groups excluding carboxylic acids is 1. The third-order valence-corrected chi connectivity index (χ3v) is 3.45. The number of nitrogens with one attached hydrogen (secondary N) is 2. The predicted octanol–water partition coefficient (Wildman–Crippen LogP) is 1.63. The van der Waals surface area contributed by atoms with Crippen LogP contribution in [-0.2, 0) is 0 Å². The van der Waals surface area contributed by atoms with Gasteiger partial charge in [-0.1, -0.05) is 0 Å². The number of piperidine rings is 1. The normalized spacial score (nSPS) is 15.6. The maximum atomic E-state index is 11.7. The molecule has 1 fully saturated rings. The number of pyridine rings is 1. The number of carbonyl (C=O) groups is 1. The standard InChI is InChI=1S/C15H21N5O/c1-11(2)18-15(21)19-13-5-7-20(8-6-13)14-4-3-12(9-16)10-17-14/h3-4,10-11,13H,5-8H2,1-2H3,(H2,18,19,21). The van der Waals surface area contributed by atoms with Crippen molar-refractivity contribution in [1.82, 2.24) is 15.6 Å². The molecule has 0 atom stereocenters. The molecule has 0 radical (unpaired) electrons. The smallest absolute Gasteiger partial charge is 0.315 e. The van der Waals surface area contributed by atoms with Gasteiger partial charge in [0.15, 0.2) is 0 Å². The van der Waals surface area contributed by atoms with Gasteiger partial charge in [0, 0.05) is 31.4 Å². The summed E-state index contributed by atoms with van der Waals surface area (Å²) in [5.74, 6) is 0.888. The van der Waals surface area contributed by atoms with Gasteiger partial charge < -0.3 is 15.5 Å². The van der Waals surface area contributed by atoms with Crippen molar-refractivity contribution in [3.8, 4) is 6.07 Å². The highest BCUT2D eigenvalue weighted by Gasteiger charge is 2.21. The third-order valence-electron chi connectivity index (χ3n) is 3.45. The minimum atomic E-state index is -0.0973. The highest BCUT2D eigenvalue weighted by atomic mass is 16.2. The molecular weight excluding hydrogens is 266 g/mol. The summed E-state index contributed by atoms with van der Waals surface area (Å²) in [6.45, 7) is 5.59. The zero-order valence-corrected chi connectivity index (χ0v) is 12.5. The van der Waals surface area contributed by atoms with E-state index in [1.807, 2.05) is 19.9 Å². The Morgan fingerprint density at radius 3 is 2.67 bits per heavy atom. The first kappa shape index (κ1) is 15.1. The molecule has 2 amide bonds. The summed E-state index contributed by atoms with van der Waals surface area (Å²) in [6.07, 6.45) is 3.39. The topological polar surface area (TPSA) is 81.0 Å². The molecule has 6 nitrogen and oxygen atoms in total. The summed E-state index contributed by atoms with van der Waals surface area (Å²) in [5.41, 5.74) is 0.570. The largest absolute Gasteiger partial charge is 0.356 e. The molecule has 0 bridgehead atoms. The van der Waals surface area contributed by atoms with Gasteiger partial charge in [0.05, 0.1) is 5.56 Å². The SMILES string of the molecule is CC(C)NC(=O)NC1CCN(c2ccc(C#N)cn2)CC1. The first-order valence-electron chi connectivity index (χ1n) is 7.26. The molecule has 1 aromatic heterocycles. The number of amides is 2. The van der Waals surface area contributed by atoms with Gasteiger partial charge >= 0.3 is 6.03 Å². The lowest BCUT2D eigenvalue weighted by molar-refractivity contribution is 0.232. The molecule has 0 unspecified atom stereocenters. The van der Waals surface area contributed by atoms with Crippen LogP contribution in [0.3, 0.4) is 0 Å². The van der Waals surface area contributed by atoms with E-state index >= 15 is 0 Å². The molecule has 0 aliphatic carbocycles. The van der Waals surface area contributed by atoms with Crippen LogP contribution in [0.15, 0.2) is 18.3 Å². The van der Waals surface area contributed by atoms with Crippen molar-refractivity contribution in [2.75, 3.05) is 18.0 Å². The van der Waals surface area contributed by atoms with Crippen molar-refractivity contribution < 1.29 is 4.79 Å². The number of anilines is 1. The van der Waals surface area contributed by atoms with Crippen LogP contribution < -0.4 is 15.5 Å². The molecule has 1 aliphatic heterocycles. The minimum absolute atomic E-state index is 0.0973. The van der Waals surface area contributed by atoms with Crippen LogP contribution >= 0.6 is 0 Å². The Hall–Kier alpha value is -2.29. The maximum Gasteiger partial charge on any atom is 0.315 e. The molecule has 1 saturated heterocycles. The molecule has 1 aliphatic rings. The molecule has 6 heteroatoms. The lowest BCUT2D eigenvalue weighted by Crippen LogP contribution is -2.49. The van der Waals surface area contributed by atoms with Crippen molar-refractivity contribution >= 4 is 11.8 Å². The van der Waals surface area contributed by atoms with Gasteiger partial charge in [0.2, 0.25) is 0 Å². The van der Waals surface area contributed by atoms with Gasteiger partial charge in [-0.25, -0.2) is 9.78 Å². The molecule has 0 saturated carbocycles. The van der Waals surface area contributed by atoms with Crippen LogP contribution in [0.4, 0.5) is 10.6 Å². The summed E-state index contributed by atoms with van der Waals surface area (Å²) in [5, 5.41) is 14.6. The van der Waals surface area contributed by atoms with E-state index in [4.69, 9.17) is 5.26 Å². The van der Waals surface area contributed by atoms with E-state index in [-0.39, 0.29) is 18.1 Å². The fraction of sp³-hybridized carbons (Fsp3) is 0.533. The number of urea groups is 1. The molecule has 2 heterocycles. The fourth-order valence-corrected chi connectivity index (χ4v) is 2.38.